The number of nitrogens with zero attached hydrogens (tertiary/aromatic N) is 3. The predicted molar refractivity (Wildman–Crippen MR) is 75.3 cm³/mol. The van der Waals surface area contributed by atoms with Gasteiger partial charge in [-0.15, -0.1) is 5.10 Å². The van der Waals surface area contributed by atoms with Crippen LogP contribution in [-0.2, 0) is 4.79 Å². The van der Waals surface area contributed by atoms with Crippen molar-refractivity contribution in [3.8, 4) is 5.75 Å². The highest BCUT2D eigenvalue weighted by atomic mass is 32.2. The van der Waals surface area contributed by atoms with Crippen LogP contribution in [0.2, 0.25) is 0 Å². The summed E-state index contributed by atoms with van der Waals surface area (Å²) in [5, 5.41) is 21.3. The van der Waals surface area contributed by atoms with Crippen molar-refractivity contribution >= 4 is 34.7 Å². The van der Waals surface area contributed by atoms with E-state index < -0.39 is 4.92 Å². The fraction of sp³-hybridized carbons (Fsp3) is 0.182. The Morgan fingerprint density at radius 2 is 2.30 bits per heavy atom. The van der Waals surface area contributed by atoms with Gasteiger partial charge in [0.15, 0.2) is 5.17 Å². The van der Waals surface area contributed by atoms with Gasteiger partial charge in [-0.1, -0.05) is 11.8 Å². The van der Waals surface area contributed by atoms with Crippen molar-refractivity contribution in [3.63, 3.8) is 0 Å². The first-order valence-electron chi connectivity index (χ1n) is 5.45. The Hall–Kier alpha value is -2.42. The minimum atomic E-state index is -0.515. The van der Waals surface area contributed by atoms with Gasteiger partial charge in [-0.2, -0.15) is 5.10 Å². The summed E-state index contributed by atoms with van der Waals surface area (Å²) >= 11 is 1.24. The van der Waals surface area contributed by atoms with Crippen molar-refractivity contribution < 1.29 is 14.5 Å². The third-order valence-corrected chi connectivity index (χ3v) is 3.17. The summed E-state index contributed by atoms with van der Waals surface area (Å²) in [5.74, 6) is 0.553. The van der Waals surface area contributed by atoms with Crippen molar-refractivity contribution in [3.05, 3.63) is 33.9 Å². The fourth-order valence-corrected chi connectivity index (χ4v) is 2.06. The summed E-state index contributed by atoms with van der Waals surface area (Å²) < 4.78 is 4.98. The topological polar surface area (TPSA) is 106 Å². The molecule has 1 N–H and O–H groups in total. The molecule has 0 aliphatic carbocycles. The molecule has 104 valence electrons. The molecular weight excluding hydrogens is 284 g/mol. The molecule has 1 aliphatic heterocycles. The molecule has 1 fully saturated rings. The highest BCUT2D eigenvalue weighted by Gasteiger charge is 2.16. The normalized spacial score (nSPS) is 16.6. The third kappa shape index (κ3) is 3.54. The van der Waals surface area contributed by atoms with Crippen LogP contribution in [0.4, 0.5) is 5.69 Å². The number of hydrogen-bond acceptors (Lipinski definition) is 7. The minimum Gasteiger partial charge on any atom is -0.496 e. The lowest BCUT2D eigenvalue weighted by atomic mass is 10.2. The first-order valence-corrected chi connectivity index (χ1v) is 6.44. The summed E-state index contributed by atoms with van der Waals surface area (Å²) in [5.41, 5.74) is 0.386. The van der Waals surface area contributed by atoms with Crippen LogP contribution < -0.4 is 10.1 Å². The molecule has 0 atom stereocenters. The molecule has 1 heterocycles. The van der Waals surface area contributed by atoms with Crippen molar-refractivity contribution in [1.82, 2.24) is 5.32 Å². The molecule has 8 nitrogen and oxygen atoms in total. The molecule has 1 saturated heterocycles. The Labute approximate surface area is 118 Å². The molecule has 0 spiro atoms. The molecule has 0 unspecified atom stereocenters. The zero-order chi connectivity index (χ0) is 14.5. The van der Waals surface area contributed by atoms with Gasteiger partial charge < -0.3 is 10.1 Å². The van der Waals surface area contributed by atoms with Crippen molar-refractivity contribution in [2.45, 2.75) is 0 Å². The second-order valence-corrected chi connectivity index (χ2v) is 4.67. The fourth-order valence-electron chi connectivity index (χ4n) is 1.43. The van der Waals surface area contributed by atoms with Crippen molar-refractivity contribution in [2.75, 3.05) is 12.9 Å². The predicted octanol–water partition coefficient (Wildman–Crippen LogP) is 1.16. The molecule has 0 saturated carbocycles. The molecule has 1 amide bonds. The van der Waals surface area contributed by atoms with Crippen LogP contribution in [0, 0.1) is 10.1 Å². The molecule has 0 aromatic heterocycles. The van der Waals surface area contributed by atoms with Gasteiger partial charge in [-0.25, -0.2) is 0 Å². The van der Waals surface area contributed by atoms with Gasteiger partial charge in [0.2, 0.25) is 5.91 Å². The molecule has 0 radical (unpaired) electrons. The van der Waals surface area contributed by atoms with E-state index >= 15 is 0 Å². The number of non-ortho nitro benzene ring substituents is 1. The summed E-state index contributed by atoms with van der Waals surface area (Å²) in [4.78, 5) is 21.2. The van der Waals surface area contributed by atoms with Gasteiger partial charge in [0.25, 0.3) is 5.69 Å². The highest BCUT2D eigenvalue weighted by molar-refractivity contribution is 8.15. The zero-order valence-electron chi connectivity index (χ0n) is 10.4. The van der Waals surface area contributed by atoms with E-state index in [2.05, 4.69) is 15.5 Å². The number of nitro benzene ring substituents is 1. The largest absolute Gasteiger partial charge is 0.496 e. The van der Waals surface area contributed by atoms with Crippen molar-refractivity contribution in [1.29, 1.82) is 0 Å². The second kappa shape index (κ2) is 6.15. The van der Waals surface area contributed by atoms with E-state index in [4.69, 9.17) is 4.74 Å². The van der Waals surface area contributed by atoms with Crippen LogP contribution >= 0.6 is 11.8 Å². The summed E-state index contributed by atoms with van der Waals surface area (Å²) in [6.07, 6.45) is 1.35. The number of methoxy groups -OCH3 is 1. The number of ether oxygens (including phenoxy) is 1. The van der Waals surface area contributed by atoms with Crippen LogP contribution in [0.25, 0.3) is 0 Å². The van der Waals surface area contributed by atoms with Gasteiger partial charge >= 0.3 is 0 Å². The zero-order valence-corrected chi connectivity index (χ0v) is 11.2. The number of carbonyl (C=O) groups excluding carboxylic acids is 1. The van der Waals surface area contributed by atoms with Crippen molar-refractivity contribution in [2.24, 2.45) is 10.2 Å². The minimum absolute atomic E-state index is 0.0954. The molecule has 1 aromatic rings. The molecule has 1 aromatic carbocycles. The quantitative estimate of drug-likeness (QED) is 0.509. The number of carbonyl (C=O) groups is 1. The van der Waals surface area contributed by atoms with E-state index in [9.17, 15) is 14.9 Å². The maximum absolute atomic E-state index is 10.9. The Morgan fingerprint density at radius 3 is 2.90 bits per heavy atom. The average Bonchev–Trinajstić information content (AvgIpc) is 2.84. The van der Waals surface area contributed by atoms with Gasteiger partial charge in [-0.05, 0) is 6.07 Å². The first-order chi connectivity index (χ1) is 9.58. The van der Waals surface area contributed by atoms with Gasteiger partial charge in [0.05, 0.1) is 30.1 Å². The number of thioether (sulfide) groups is 1. The van der Waals surface area contributed by atoms with Crippen LogP contribution in [0.15, 0.2) is 28.4 Å². The van der Waals surface area contributed by atoms with E-state index in [1.165, 1.54) is 37.2 Å². The number of rotatable bonds is 4. The third-order valence-electron chi connectivity index (χ3n) is 2.30. The van der Waals surface area contributed by atoms with Crippen LogP contribution in [0.1, 0.15) is 5.56 Å². The maximum Gasteiger partial charge on any atom is 0.273 e. The Kier molecular flexibility index (Phi) is 4.31. The van der Waals surface area contributed by atoms with E-state index in [0.29, 0.717) is 22.2 Å². The standard InChI is InChI=1S/C11H10N4O4S/c1-19-9-3-7(2-8(4-9)15(17)18)5-12-14-11-13-10(16)6-20-11/h2-5H,6H2,1H3,(H,13,14,16). The Balaban J connectivity index is 2.18. The van der Waals surface area contributed by atoms with Crippen LogP contribution in [0.5, 0.6) is 5.75 Å². The van der Waals surface area contributed by atoms with E-state index in [-0.39, 0.29) is 11.6 Å². The maximum atomic E-state index is 10.9. The Bertz CT molecular complexity index is 614. The average molecular weight is 294 g/mol. The molecule has 1 aliphatic rings. The van der Waals surface area contributed by atoms with Gasteiger partial charge in [-0.3, -0.25) is 14.9 Å². The monoisotopic (exact) mass is 294 g/mol. The number of hydrogen-bond donors (Lipinski definition) is 1. The number of nitro groups is 1. The highest BCUT2D eigenvalue weighted by Crippen LogP contribution is 2.21. The van der Waals surface area contributed by atoms with E-state index in [1.807, 2.05) is 0 Å². The second-order valence-electron chi connectivity index (χ2n) is 3.71. The number of amides is 1. The summed E-state index contributed by atoms with van der Waals surface area (Å²) in [6, 6.07) is 4.26. The molecule has 9 heteroatoms. The smallest absolute Gasteiger partial charge is 0.273 e. The lowest BCUT2D eigenvalue weighted by Crippen LogP contribution is -2.19. The number of benzene rings is 1. The lowest BCUT2D eigenvalue weighted by molar-refractivity contribution is -0.384. The molecular formula is C11H10N4O4S. The van der Waals surface area contributed by atoms with Gasteiger partial charge in [0.1, 0.15) is 5.75 Å². The lowest BCUT2D eigenvalue weighted by Gasteiger charge is -2.00. The van der Waals surface area contributed by atoms with Gasteiger partial charge in [0, 0.05) is 11.6 Å². The number of amidine groups is 1. The van der Waals surface area contributed by atoms with Crippen LogP contribution in [-0.4, -0.2) is 35.1 Å². The van der Waals surface area contributed by atoms with Crippen LogP contribution in [0.3, 0.4) is 0 Å². The van der Waals surface area contributed by atoms with E-state index in [0.717, 1.165) is 0 Å². The molecule has 20 heavy (non-hydrogen) atoms. The summed E-state index contributed by atoms with van der Waals surface area (Å²) in [6.45, 7) is 0. The summed E-state index contributed by atoms with van der Waals surface area (Å²) in [7, 11) is 1.42. The molecule has 0 bridgehead atoms. The Morgan fingerprint density at radius 1 is 1.50 bits per heavy atom. The number of nitrogens with one attached hydrogen (secondary N) is 1. The van der Waals surface area contributed by atoms with E-state index in [1.54, 1.807) is 6.07 Å². The SMILES string of the molecule is COc1cc(C=NN=C2NC(=O)CS2)cc([N+](=O)[O-])c1. The molecule has 2 rings (SSSR count). The first kappa shape index (κ1) is 14.0.